The number of rotatable bonds is 5. The molecule has 1 heterocycles. The summed E-state index contributed by atoms with van der Waals surface area (Å²) in [6.07, 6.45) is 1.22. The Bertz CT molecular complexity index is 643. The summed E-state index contributed by atoms with van der Waals surface area (Å²) in [4.78, 5) is 0. The normalized spacial score (nSPS) is 22.1. The van der Waals surface area contributed by atoms with Crippen LogP contribution in [0.15, 0.2) is 39.2 Å². The van der Waals surface area contributed by atoms with Gasteiger partial charge < -0.3 is 15.5 Å². The van der Waals surface area contributed by atoms with E-state index in [-0.39, 0.29) is 6.04 Å². The van der Waals surface area contributed by atoms with Crippen LogP contribution in [0.3, 0.4) is 0 Å². The average molecular weight is 370 g/mol. The second-order valence-electron chi connectivity index (χ2n) is 5.62. The molecule has 21 heavy (non-hydrogen) atoms. The largest absolute Gasteiger partial charge is 0.464 e. The number of benzene rings is 1. The van der Waals surface area contributed by atoms with Crippen molar-refractivity contribution < 1.29 is 4.42 Å². The van der Waals surface area contributed by atoms with Crippen LogP contribution in [0, 0.1) is 5.92 Å². The molecule has 0 aliphatic heterocycles. The van der Waals surface area contributed by atoms with Gasteiger partial charge in [-0.3, -0.25) is 0 Å². The zero-order chi connectivity index (χ0) is 15.0. The second kappa shape index (κ2) is 6.03. The number of anilines is 1. The number of hydrogen-bond donors (Lipinski definition) is 2. The Labute approximate surface area is 138 Å². The predicted octanol–water partition coefficient (Wildman–Crippen LogP) is 4.93. The fourth-order valence-electron chi connectivity index (χ4n) is 2.51. The van der Waals surface area contributed by atoms with Gasteiger partial charge in [0.15, 0.2) is 0 Å². The zero-order valence-corrected chi connectivity index (χ0v) is 14.1. The molecule has 3 atom stereocenters. The van der Waals surface area contributed by atoms with Crippen molar-refractivity contribution in [2.45, 2.75) is 25.3 Å². The van der Waals surface area contributed by atoms with E-state index in [1.807, 2.05) is 24.3 Å². The van der Waals surface area contributed by atoms with Crippen molar-refractivity contribution in [2.24, 2.45) is 11.7 Å². The third-order valence-corrected chi connectivity index (χ3v) is 5.18. The maximum absolute atomic E-state index is 6.01. The van der Waals surface area contributed by atoms with Gasteiger partial charge in [-0.1, -0.05) is 18.5 Å². The van der Waals surface area contributed by atoms with Crippen molar-refractivity contribution >= 4 is 33.2 Å². The summed E-state index contributed by atoms with van der Waals surface area (Å²) >= 11 is 9.43. The molecular formula is C16H18BrClN2O. The first-order chi connectivity index (χ1) is 10.1. The molecule has 1 aliphatic carbocycles. The molecule has 1 aromatic heterocycles. The van der Waals surface area contributed by atoms with E-state index in [4.69, 9.17) is 21.8 Å². The Kier molecular flexibility index (Phi) is 4.29. The Morgan fingerprint density at radius 3 is 2.81 bits per heavy atom. The first-order valence-electron chi connectivity index (χ1n) is 7.09. The average Bonchev–Trinajstić information content (AvgIpc) is 3.01. The van der Waals surface area contributed by atoms with Gasteiger partial charge in [0.2, 0.25) is 0 Å². The highest BCUT2D eigenvalue weighted by molar-refractivity contribution is 9.10. The van der Waals surface area contributed by atoms with Crippen LogP contribution in [-0.4, -0.2) is 6.54 Å². The minimum Gasteiger partial charge on any atom is -0.464 e. The molecule has 1 aliphatic rings. The molecule has 2 aromatic rings. The zero-order valence-electron chi connectivity index (χ0n) is 11.8. The lowest BCUT2D eigenvalue weighted by molar-refractivity contribution is 0.441. The maximum Gasteiger partial charge on any atom is 0.127 e. The maximum atomic E-state index is 6.01. The minimum atomic E-state index is -0.0409. The molecule has 0 bridgehead atoms. The smallest absolute Gasteiger partial charge is 0.127 e. The molecule has 0 saturated heterocycles. The molecule has 112 valence electrons. The van der Waals surface area contributed by atoms with Gasteiger partial charge in [0.05, 0.1) is 11.1 Å². The SMILES string of the molecule is CC1CC1c1ccc(C(CN)Nc2ccc(Cl)c(Br)c2)o1. The lowest BCUT2D eigenvalue weighted by Crippen LogP contribution is -2.20. The van der Waals surface area contributed by atoms with Crippen LogP contribution in [0.25, 0.3) is 0 Å². The van der Waals surface area contributed by atoms with Gasteiger partial charge in [-0.25, -0.2) is 0 Å². The highest BCUT2D eigenvalue weighted by atomic mass is 79.9. The standard InChI is InChI=1S/C16H18BrClN2O/c1-9-6-11(9)15-4-5-16(21-15)14(8-19)20-10-2-3-13(18)12(17)7-10/h2-5,7,9,11,14,20H,6,8,19H2,1H3. The van der Waals surface area contributed by atoms with Gasteiger partial charge in [-0.15, -0.1) is 0 Å². The van der Waals surface area contributed by atoms with Crippen LogP contribution in [0.1, 0.15) is 36.8 Å². The molecular weight excluding hydrogens is 352 g/mol. The Hall–Kier alpha value is -0.970. The van der Waals surface area contributed by atoms with E-state index >= 15 is 0 Å². The van der Waals surface area contributed by atoms with E-state index in [1.165, 1.54) is 6.42 Å². The Morgan fingerprint density at radius 1 is 1.43 bits per heavy atom. The van der Waals surface area contributed by atoms with Crippen molar-refractivity contribution in [1.29, 1.82) is 0 Å². The number of halogens is 2. The first kappa shape index (κ1) is 14.9. The van der Waals surface area contributed by atoms with Gasteiger partial charge in [0.25, 0.3) is 0 Å². The highest BCUT2D eigenvalue weighted by Crippen LogP contribution is 2.47. The summed E-state index contributed by atoms with van der Waals surface area (Å²) in [6.45, 7) is 2.71. The molecule has 5 heteroatoms. The third kappa shape index (κ3) is 3.28. The summed E-state index contributed by atoms with van der Waals surface area (Å²) in [6, 6.07) is 9.78. The highest BCUT2D eigenvalue weighted by Gasteiger charge is 2.36. The first-order valence-corrected chi connectivity index (χ1v) is 8.27. The van der Waals surface area contributed by atoms with E-state index < -0.39 is 0 Å². The monoisotopic (exact) mass is 368 g/mol. The van der Waals surface area contributed by atoms with E-state index in [0.717, 1.165) is 27.6 Å². The fourth-order valence-corrected chi connectivity index (χ4v) is 3.00. The topological polar surface area (TPSA) is 51.2 Å². The quantitative estimate of drug-likeness (QED) is 0.785. The van der Waals surface area contributed by atoms with Gasteiger partial charge >= 0.3 is 0 Å². The molecule has 3 N–H and O–H groups in total. The Balaban J connectivity index is 1.75. The van der Waals surface area contributed by atoms with Gasteiger partial charge in [0.1, 0.15) is 11.5 Å². The molecule has 3 unspecified atom stereocenters. The van der Waals surface area contributed by atoms with Crippen molar-refractivity contribution in [3.05, 3.63) is 51.3 Å². The molecule has 0 radical (unpaired) electrons. The number of hydrogen-bond acceptors (Lipinski definition) is 3. The number of furan rings is 1. The molecule has 1 fully saturated rings. The fraction of sp³-hybridized carbons (Fsp3) is 0.375. The summed E-state index contributed by atoms with van der Waals surface area (Å²) in [7, 11) is 0. The van der Waals surface area contributed by atoms with Gasteiger partial charge in [0, 0.05) is 22.6 Å². The van der Waals surface area contributed by atoms with Crippen molar-refractivity contribution in [3.63, 3.8) is 0 Å². The van der Waals surface area contributed by atoms with Crippen LogP contribution in [-0.2, 0) is 0 Å². The van der Waals surface area contributed by atoms with E-state index in [2.05, 4.69) is 34.2 Å². The lowest BCUT2D eigenvalue weighted by atomic mass is 10.2. The van der Waals surface area contributed by atoms with Crippen molar-refractivity contribution in [3.8, 4) is 0 Å². The summed E-state index contributed by atoms with van der Waals surface area (Å²) in [5.74, 6) is 3.29. The molecule has 1 saturated carbocycles. The molecule has 3 nitrogen and oxygen atoms in total. The molecule has 0 amide bonds. The molecule has 3 rings (SSSR count). The van der Waals surface area contributed by atoms with Crippen LogP contribution >= 0.6 is 27.5 Å². The minimum absolute atomic E-state index is 0.0409. The van der Waals surface area contributed by atoms with Crippen molar-refractivity contribution in [2.75, 3.05) is 11.9 Å². The molecule has 1 aromatic carbocycles. The summed E-state index contributed by atoms with van der Waals surface area (Å²) < 4.78 is 6.84. The predicted molar refractivity (Wildman–Crippen MR) is 89.8 cm³/mol. The van der Waals surface area contributed by atoms with Crippen LogP contribution < -0.4 is 11.1 Å². The van der Waals surface area contributed by atoms with E-state index in [1.54, 1.807) is 0 Å². The van der Waals surface area contributed by atoms with E-state index in [9.17, 15) is 0 Å². The van der Waals surface area contributed by atoms with Gasteiger partial charge in [-0.05, 0) is 58.6 Å². The van der Waals surface area contributed by atoms with E-state index in [0.29, 0.717) is 17.5 Å². The lowest BCUT2D eigenvalue weighted by Gasteiger charge is -2.16. The molecule has 0 spiro atoms. The van der Waals surface area contributed by atoms with Crippen LogP contribution in [0.4, 0.5) is 5.69 Å². The second-order valence-corrected chi connectivity index (χ2v) is 6.88. The van der Waals surface area contributed by atoms with Crippen LogP contribution in [0.5, 0.6) is 0 Å². The summed E-state index contributed by atoms with van der Waals surface area (Å²) in [5.41, 5.74) is 6.85. The Morgan fingerprint density at radius 2 is 2.19 bits per heavy atom. The number of nitrogens with two attached hydrogens (primary N) is 1. The third-order valence-electron chi connectivity index (χ3n) is 3.96. The number of nitrogens with one attached hydrogen (secondary N) is 1. The van der Waals surface area contributed by atoms with Crippen LogP contribution in [0.2, 0.25) is 5.02 Å². The van der Waals surface area contributed by atoms with Crippen molar-refractivity contribution in [1.82, 2.24) is 0 Å². The van der Waals surface area contributed by atoms with Gasteiger partial charge in [-0.2, -0.15) is 0 Å². The summed E-state index contributed by atoms with van der Waals surface area (Å²) in [5, 5.41) is 4.08.